The summed E-state index contributed by atoms with van der Waals surface area (Å²) >= 11 is 0. The quantitative estimate of drug-likeness (QED) is 0.385. The Hall–Kier alpha value is -3.93. The third-order valence-electron chi connectivity index (χ3n) is 4.02. The summed E-state index contributed by atoms with van der Waals surface area (Å²) < 4.78 is 5.75. The fourth-order valence-corrected chi connectivity index (χ4v) is 2.43. The van der Waals surface area contributed by atoms with Crippen molar-refractivity contribution >= 4 is 23.7 Å². The van der Waals surface area contributed by atoms with E-state index >= 15 is 0 Å². The molecule has 0 heterocycles. The highest BCUT2D eigenvalue weighted by Gasteiger charge is 2.12. The summed E-state index contributed by atoms with van der Waals surface area (Å²) in [6.45, 7) is 2.53. The molecular weight excluding hydrogens is 366 g/mol. The molecule has 2 amide bonds. The topological polar surface area (TPSA) is 79.8 Å². The number of benzene rings is 3. The van der Waals surface area contributed by atoms with E-state index in [2.05, 4.69) is 15.8 Å². The van der Waals surface area contributed by atoms with Crippen LogP contribution in [0.5, 0.6) is 5.75 Å². The van der Waals surface area contributed by atoms with Crippen LogP contribution in [0.1, 0.15) is 16.7 Å². The molecule has 0 saturated heterocycles. The Morgan fingerprint density at radius 2 is 1.59 bits per heavy atom. The van der Waals surface area contributed by atoms with Gasteiger partial charge in [-0.15, -0.1) is 0 Å². The molecule has 0 aliphatic heterocycles. The number of rotatable bonds is 6. The van der Waals surface area contributed by atoms with Gasteiger partial charge >= 0.3 is 11.8 Å². The van der Waals surface area contributed by atoms with Gasteiger partial charge in [-0.3, -0.25) is 9.59 Å². The normalized spacial score (nSPS) is 10.5. The molecule has 2 N–H and O–H groups in total. The predicted molar refractivity (Wildman–Crippen MR) is 113 cm³/mol. The minimum Gasteiger partial charge on any atom is -0.489 e. The van der Waals surface area contributed by atoms with E-state index < -0.39 is 11.8 Å². The molecule has 6 nitrogen and oxygen atoms in total. The number of amides is 2. The van der Waals surface area contributed by atoms with Gasteiger partial charge in [0.1, 0.15) is 12.4 Å². The van der Waals surface area contributed by atoms with Gasteiger partial charge in [0, 0.05) is 5.69 Å². The summed E-state index contributed by atoms with van der Waals surface area (Å²) in [5.41, 5.74) is 5.81. The standard InChI is InChI=1S/C23H21N3O3/c1-17-7-9-19(10-8-17)16-29-21-13-11-18(12-14-21)15-24-26-23(28)22(27)25-20-5-3-2-4-6-20/h2-15H,16H2,1H3,(H,25,27)(H,26,28)/b24-15+. The summed E-state index contributed by atoms with van der Waals surface area (Å²) in [6, 6.07) is 24.2. The van der Waals surface area contributed by atoms with Gasteiger partial charge in [0.25, 0.3) is 0 Å². The SMILES string of the molecule is Cc1ccc(COc2ccc(/C=N/NC(=O)C(=O)Nc3ccccc3)cc2)cc1. The van der Waals surface area contributed by atoms with Crippen LogP contribution in [0.15, 0.2) is 84.0 Å². The van der Waals surface area contributed by atoms with Crippen molar-refractivity contribution in [3.63, 3.8) is 0 Å². The maximum Gasteiger partial charge on any atom is 0.329 e. The lowest BCUT2D eigenvalue weighted by molar-refractivity contribution is -0.136. The van der Waals surface area contributed by atoms with Crippen molar-refractivity contribution in [2.24, 2.45) is 5.10 Å². The Bertz CT molecular complexity index is 982. The molecule has 0 aliphatic rings. The molecule has 0 atom stereocenters. The van der Waals surface area contributed by atoms with Crippen LogP contribution in [0.25, 0.3) is 0 Å². The summed E-state index contributed by atoms with van der Waals surface area (Å²) in [5.74, 6) is -0.898. The van der Waals surface area contributed by atoms with E-state index in [1.807, 2.05) is 61.5 Å². The van der Waals surface area contributed by atoms with E-state index in [-0.39, 0.29) is 0 Å². The number of nitrogens with zero attached hydrogens (tertiary/aromatic N) is 1. The molecule has 6 heteroatoms. The molecule has 0 spiro atoms. The number of hydrogen-bond donors (Lipinski definition) is 2. The zero-order chi connectivity index (χ0) is 20.5. The Kier molecular flexibility index (Phi) is 6.73. The monoisotopic (exact) mass is 387 g/mol. The largest absolute Gasteiger partial charge is 0.489 e. The highest BCUT2D eigenvalue weighted by Crippen LogP contribution is 2.14. The first-order valence-corrected chi connectivity index (χ1v) is 9.08. The molecule has 0 fully saturated rings. The Morgan fingerprint density at radius 3 is 2.28 bits per heavy atom. The van der Waals surface area contributed by atoms with Crippen LogP contribution in [0, 0.1) is 6.92 Å². The molecule has 0 saturated carbocycles. The van der Waals surface area contributed by atoms with E-state index in [9.17, 15) is 9.59 Å². The molecule has 29 heavy (non-hydrogen) atoms. The maximum atomic E-state index is 11.8. The number of anilines is 1. The zero-order valence-corrected chi connectivity index (χ0v) is 16.0. The number of para-hydroxylation sites is 1. The number of carbonyl (C=O) groups is 2. The van der Waals surface area contributed by atoms with E-state index in [1.165, 1.54) is 11.8 Å². The summed E-state index contributed by atoms with van der Waals surface area (Å²) in [5, 5.41) is 6.30. The third-order valence-corrected chi connectivity index (χ3v) is 4.02. The van der Waals surface area contributed by atoms with Gasteiger partial charge in [-0.05, 0) is 54.4 Å². The van der Waals surface area contributed by atoms with Gasteiger partial charge < -0.3 is 10.1 Å². The van der Waals surface area contributed by atoms with Gasteiger partial charge in [-0.25, -0.2) is 5.43 Å². The minimum atomic E-state index is -0.844. The summed E-state index contributed by atoms with van der Waals surface area (Å²) in [7, 11) is 0. The van der Waals surface area contributed by atoms with Crippen molar-refractivity contribution in [2.75, 3.05) is 5.32 Å². The van der Waals surface area contributed by atoms with Crippen LogP contribution in [0.4, 0.5) is 5.69 Å². The van der Waals surface area contributed by atoms with Crippen molar-refractivity contribution in [2.45, 2.75) is 13.5 Å². The lowest BCUT2D eigenvalue weighted by Crippen LogP contribution is -2.32. The second-order valence-corrected chi connectivity index (χ2v) is 6.36. The van der Waals surface area contributed by atoms with Gasteiger partial charge in [-0.2, -0.15) is 5.10 Å². The van der Waals surface area contributed by atoms with Gasteiger partial charge in [-0.1, -0.05) is 48.0 Å². The fraction of sp³-hybridized carbons (Fsp3) is 0.0870. The molecule has 146 valence electrons. The zero-order valence-electron chi connectivity index (χ0n) is 16.0. The van der Waals surface area contributed by atoms with Crippen molar-refractivity contribution in [3.05, 3.63) is 95.6 Å². The van der Waals surface area contributed by atoms with Crippen LogP contribution in [0.3, 0.4) is 0 Å². The van der Waals surface area contributed by atoms with Crippen molar-refractivity contribution in [1.82, 2.24) is 5.43 Å². The van der Waals surface area contributed by atoms with Crippen molar-refractivity contribution < 1.29 is 14.3 Å². The second kappa shape index (κ2) is 9.85. The van der Waals surface area contributed by atoms with Crippen LogP contribution in [0.2, 0.25) is 0 Å². The van der Waals surface area contributed by atoms with E-state index in [0.29, 0.717) is 12.3 Å². The molecule has 0 aromatic heterocycles. The number of nitrogens with one attached hydrogen (secondary N) is 2. The highest BCUT2D eigenvalue weighted by molar-refractivity contribution is 6.39. The highest BCUT2D eigenvalue weighted by atomic mass is 16.5. The molecule has 0 bridgehead atoms. The van der Waals surface area contributed by atoms with Crippen LogP contribution >= 0.6 is 0 Å². The summed E-state index contributed by atoms with van der Waals surface area (Å²) in [6.07, 6.45) is 1.46. The molecule has 3 aromatic rings. The smallest absolute Gasteiger partial charge is 0.329 e. The fourth-order valence-electron chi connectivity index (χ4n) is 2.43. The molecule has 0 aliphatic carbocycles. The Balaban J connectivity index is 1.46. The lowest BCUT2D eigenvalue weighted by atomic mass is 10.2. The number of aryl methyl sites for hydroxylation is 1. The number of hydrazone groups is 1. The first-order valence-electron chi connectivity index (χ1n) is 9.08. The van der Waals surface area contributed by atoms with E-state index in [1.54, 1.807) is 24.3 Å². The summed E-state index contributed by atoms with van der Waals surface area (Å²) in [4.78, 5) is 23.6. The van der Waals surface area contributed by atoms with Gasteiger partial charge in [0.2, 0.25) is 0 Å². The predicted octanol–water partition coefficient (Wildman–Crippen LogP) is 3.66. The second-order valence-electron chi connectivity index (χ2n) is 6.36. The maximum absolute atomic E-state index is 11.8. The minimum absolute atomic E-state index is 0.486. The first kappa shape index (κ1) is 19.8. The molecule has 0 radical (unpaired) electrons. The van der Waals surface area contributed by atoms with Crippen LogP contribution in [-0.4, -0.2) is 18.0 Å². The van der Waals surface area contributed by atoms with Crippen molar-refractivity contribution in [3.8, 4) is 5.75 Å². The average molecular weight is 387 g/mol. The van der Waals surface area contributed by atoms with Crippen molar-refractivity contribution in [1.29, 1.82) is 0 Å². The number of ether oxygens (including phenoxy) is 1. The lowest BCUT2D eigenvalue weighted by Gasteiger charge is -2.07. The number of carbonyl (C=O) groups excluding carboxylic acids is 2. The molecule has 0 unspecified atom stereocenters. The average Bonchev–Trinajstić information content (AvgIpc) is 2.75. The Labute approximate surface area is 169 Å². The van der Waals surface area contributed by atoms with E-state index in [4.69, 9.17) is 4.74 Å². The molecule has 3 rings (SSSR count). The van der Waals surface area contributed by atoms with Crippen LogP contribution < -0.4 is 15.5 Å². The Morgan fingerprint density at radius 1 is 0.897 bits per heavy atom. The van der Waals surface area contributed by atoms with E-state index in [0.717, 1.165) is 16.9 Å². The number of hydrogen-bond acceptors (Lipinski definition) is 4. The molecular formula is C23H21N3O3. The van der Waals surface area contributed by atoms with Gasteiger partial charge in [0.15, 0.2) is 0 Å². The first-order chi connectivity index (χ1) is 14.1. The van der Waals surface area contributed by atoms with Crippen LogP contribution in [-0.2, 0) is 16.2 Å². The van der Waals surface area contributed by atoms with Gasteiger partial charge in [0.05, 0.1) is 6.21 Å². The third kappa shape index (κ3) is 6.32. The molecule has 3 aromatic carbocycles.